The first-order chi connectivity index (χ1) is 18.4. The number of hydrogen-bond donors (Lipinski definition) is 1. The number of methoxy groups -OCH3 is 3. The Kier molecular flexibility index (Phi) is 7.09. The molecule has 0 radical (unpaired) electrons. The van der Waals surface area contributed by atoms with E-state index in [1.54, 1.807) is 45.6 Å². The smallest absolute Gasteiger partial charge is 0.295 e. The van der Waals surface area contributed by atoms with Crippen molar-refractivity contribution in [3.63, 3.8) is 0 Å². The molecule has 1 amide bonds. The Labute approximate surface area is 222 Å². The van der Waals surface area contributed by atoms with Crippen LogP contribution in [-0.2, 0) is 29.0 Å². The molecule has 0 bridgehead atoms. The molecule has 1 atom stereocenters. The van der Waals surface area contributed by atoms with Crippen LogP contribution in [-0.4, -0.2) is 43.0 Å². The maximum atomic E-state index is 13.5. The molecule has 7 nitrogen and oxygen atoms in total. The number of aryl methyl sites for hydroxylation is 2. The summed E-state index contributed by atoms with van der Waals surface area (Å²) in [6.07, 6.45) is 4.19. The van der Waals surface area contributed by atoms with E-state index >= 15 is 0 Å². The number of Topliss-reactive ketones (excluding diaryl/α,β-unsaturated/α-hetero) is 1. The van der Waals surface area contributed by atoms with Gasteiger partial charge in [-0.1, -0.05) is 30.3 Å². The third-order valence-corrected chi connectivity index (χ3v) is 7.37. The maximum Gasteiger partial charge on any atom is 0.295 e. The van der Waals surface area contributed by atoms with E-state index in [0.29, 0.717) is 28.4 Å². The second kappa shape index (κ2) is 10.6. The van der Waals surface area contributed by atoms with E-state index < -0.39 is 17.7 Å². The topological polar surface area (TPSA) is 85.3 Å². The van der Waals surface area contributed by atoms with Gasteiger partial charge in [0.15, 0.2) is 11.5 Å². The molecule has 1 saturated heterocycles. The Hall–Kier alpha value is -4.26. The largest absolute Gasteiger partial charge is 0.507 e. The van der Waals surface area contributed by atoms with Gasteiger partial charge in [-0.05, 0) is 78.3 Å². The molecule has 38 heavy (non-hydrogen) atoms. The van der Waals surface area contributed by atoms with E-state index in [2.05, 4.69) is 0 Å². The first kappa shape index (κ1) is 25.4. The van der Waals surface area contributed by atoms with Crippen molar-refractivity contribution in [3.8, 4) is 17.2 Å². The average molecular weight is 514 g/mol. The number of likely N-dealkylation sites (tertiary alicyclic amines) is 1. The molecule has 0 aromatic heterocycles. The molecule has 3 aromatic rings. The second-order valence-electron chi connectivity index (χ2n) is 9.58. The van der Waals surface area contributed by atoms with Gasteiger partial charge in [0.25, 0.3) is 11.7 Å². The molecule has 1 heterocycles. The van der Waals surface area contributed by atoms with E-state index in [4.69, 9.17) is 14.2 Å². The number of carbonyl (C=O) groups excluding carboxylic acids is 2. The molecule has 7 heteroatoms. The van der Waals surface area contributed by atoms with Crippen molar-refractivity contribution >= 4 is 17.4 Å². The van der Waals surface area contributed by atoms with Gasteiger partial charge in [-0.25, -0.2) is 0 Å². The van der Waals surface area contributed by atoms with Crippen LogP contribution in [0.4, 0.5) is 0 Å². The highest BCUT2D eigenvalue weighted by Gasteiger charge is 2.46. The van der Waals surface area contributed by atoms with E-state index in [9.17, 15) is 14.7 Å². The Morgan fingerprint density at radius 3 is 2.37 bits per heavy atom. The lowest BCUT2D eigenvalue weighted by molar-refractivity contribution is -0.140. The predicted octanol–water partition coefficient (Wildman–Crippen LogP) is 5.21. The Morgan fingerprint density at radius 1 is 0.868 bits per heavy atom. The van der Waals surface area contributed by atoms with Gasteiger partial charge in [-0.3, -0.25) is 9.59 Å². The van der Waals surface area contributed by atoms with Gasteiger partial charge in [0.2, 0.25) is 0 Å². The first-order valence-electron chi connectivity index (χ1n) is 12.7. The normalized spacial score (nSPS) is 18.3. The number of fused-ring (bicyclic) bond motifs is 1. The van der Waals surface area contributed by atoms with Gasteiger partial charge in [0.05, 0.1) is 32.9 Å². The molecular formula is C31H31NO6. The number of benzene rings is 3. The zero-order valence-electron chi connectivity index (χ0n) is 21.8. The van der Waals surface area contributed by atoms with Gasteiger partial charge in [-0.2, -0.15) is 0 Å². The summed E-state index contributed by atoms with van der Waals surface area (Å²) in [5.41, 5.74) is 4.49. The molecule has 1 aliphatic heterocycles. The summed E-state index contributed by atoms with van der Waals surface area (Å²) in [7, 11) is 4.66. The monoisotopic (exact) mass is 513 g/mol. The summed E-state index contributed by atoms with van der Waals surface area (Å²) in [5, 5.41) is 11.5. The van der Waals surface area contributed by atoms with E-state index in [1.807, 2.05) is 36.4 Å². The summed E-state index contributed by atoms with van der Waals surface area (Å²) >= 11 is 0. The van der Waals surface area contributed by atoms with Crippen molar-refractivity contribution in [1.29, 1.82) is 0 Å². The van der Waals surface area contributed by atoms with Gasteiger partial charge >= 0.3 is 0 Å². The number of carbonyl (C=O) groups is 2. The number of aliphatic hydroxyl groups excluding tert-OH is 1. The van der Waals surface area contributed by atoms with Crippen LogP contribution in [0.2, 0.25) is 0 Å². The molecule has 1 N–H and O–H groups in total. The molecule has 0 saturated carbocycles. The van der Waals surface area contributed by atoms with Gasteiger partial charge in [-0.15, -0.1) is 0 Å². The highest BCUT2D eigenvalue weighted by atomic mass is 16.5. The summed E-state index contributed by atoms with van der Waals surface area (Å²) in [4.78, 5) is 28.4. The molecule has 1 fully saturated rings. The second-order valence-corrected chi connectivity index (χ2v) is 9.58. The molecule has 2 aliphatic rings. The third-order valence-electron chi connectivity index (χ3n) is 7.37. The summed E-state index contributed by atoms with van der Waals surface area (Å²) in [5.74, 6) is 0.122. The number of ketones is 1. The van der Waals surface area contributed by atoms with Crippen molar-refractivity contribution in [2.75, 3.05) is 21.3 Å². The Bertz CT molecular complexity index is 1430. The van der Waals surface area contributed by atoms with Crippen LogP contribution in [0.25, 0.3) is 5.76 Å². The van der Waals surface area contributed by atoms with Crippen molar-refractivity contribution < 1.29 is 28.9 Å². The van der Waals surface area contributed by atoms with E-state index in [-0.39, 0.29) is 17.9 Å². The lowest BCUT2D eigenvalue weighted by Crippen LogP contribution is -2.29. The molecule has 196 valence electrons. The van der Waals surface area contributed by atoms with Crippen molar-refractivity contribution in [2.45, 2.75) is 38.3 Å². The number of nitrogens with zero attached hydrogens (tertiary/aromatic N) is 1. The quantitative estimate of drug-likeness (QED) is 0.265. The minimum Gasteiger partial charge on any atom is -0.507 e. The number of hydrogen-bond acceptors (Lipinski definition) is 6. The minimum absolute atomic E-state index is 0.0690. The maximum absolute atomic E-state index is 13.5. The van der Waals surface area contributed by atoms with Gasteiger partial charge < -0.3 is 24.2 Å². The SMILES string of the molecule is COc1cccc(C2/C(=C(/O)c3ccc4c(c3)CCCC4)C(=O)C(=O)N2Cc2ccc(OC)c(OC)c2)c1. The summed E-state index contributed by atoms with van der Waals surface area (Å²) < 4.78 is 16.2. The Balaban J connectivity index is 1.62. The number of rotatable bonds is 7. The molecule has 0 spiro atoms. The predicted molar refractivity (Wildman–Crippen MR) is 143 cm³/mol. The lowest BCUT2D eigenvalue weighted by atomic mass is 9.88. The highest BCUT2D eigenvalue weighted by molar-refractivity contribution is 6.46. The molecule has 3 aromatic carbocycles. The van der Waals surface area contributed by atoms with Crippen LogP contribution in [0.3, 0.4) is 0 Å². The van der Waals surface area contributed by atoms with Gasteiger partial charge in [0, 0.05) is 12.1 Å². The minimum atomic E-state index is -0.797. The highest BCUT2D eigenvalue weighted by Crippen LogP contribution is 2.42. The standard InChI is InChI=1S/C31H31NO6/c1-36-24-10-6-9-22(17-24)28-27(29(33)23-13-12-20-7-4-5-8-21(20)16-23)30(34)31(35)32(28)18-19-11-14-25(37-2)26(15-19)38-3/h6,9-17,28,33H,4-5,7-8,18H2,1-3H3/b29-27-. The van der Waals surface area contributed by atoms with Crippen LogP contribution in [0.5, 0.6) is 17.2 Å². The average Bonchev–Trinajstić information content (AvgIpc) is 3.21. The fraction of sp³-hybridized carbons (Fsp3) is 0.290. The van der Waals surface area contributed by atoms with E-state index in [1.165, 1.54) is 16.0 Å². The number of amides is 1. The first-order valence-corrected chi connectivity index (χ1v) is 12.7. The third kappa shape index (κ3) is 4.60. The summed E-state index contributed by atoms with van der Waals surface area (Å²) in [6.45, 7) is 0.133. The number of aliphatic hydroxyl groups is 1. The Morgan fingerprint density at radius 2 is 1.63 bits per heavy atom. The molecular weight excluding hydrogens is 482 g/mol. The van der Waals surface area contributed by atoms with Crippen LogP contribution >= 0.6 is 0 Å². The summed E-state index contributed by atoms with van der Waals surface area (Å²) in [6, 6.07) is 17.6. The molecule has 5 rings (SSSR count). The fourth-order valence-electron chi connectivity index (χ4n) is 5.41. The van der Waals surface area contributed by atoms with Crippen molar-refractivity contribution in [3.05, 3.63) is 94.1 Å². The van der Waals surface area contributed by atoms with Crippen molar-refractivity contribution in [2.24, 2.45) is 0 Å². The van der Waals surface area contributed by atoms with Crippen LogP contribution in [0, 0.1) is 0 Å². The van der Waals surface area contributed by atoms with Crippen LogP contribution in [0.15, 0.2) is 66.2 Å². The van der Waals surface area contributed by atoms with Crippen LogP contribution in [0.1, 0.15) is 46.7 Å². The fourth-order valence-corrected chi connectivity index (χ4v) is 5.41. The van der Waals surface area contributed by atoms with Crippen LogP contribution < -0.4 is 14.2 Å². The van der Waals surface area contributed by atoms with Gasteiger partial charge in [0.1, 0.15) is 11.5 Å². The zero-order chi connectivity index (χ0) is 26.8. The molecule has 1 unspecified atom stereocenters. The van der Waals surface area contributed by atoms with E-state index in [0.717, 1.165) is 31.2 Å². The number of ether oxygens (including phenoxy) is 3. The lowest BCUT2D eigenvalue weighted by Gasteiger charge is -2.26. The van der Waals surface area contributed by atoms with Crippen molar-refractivity contribution in [1.82, 2.24) is 4.90 Å². The molecule has 1 aliphatic carbocycles. The zero-order valence-corrected chi connectivity index (χ0v) is 21.8.